The van der Waals surface area contributed by atoms with Crippen LogP contribution >= 0.6 is 0 Å². The average Bonchev–Trinajstić information content (AvgIpc) is 2.92. The van der Waals surface area contributed by atoms with E-state index in [-0.39, 0.29) is 36.8 Å². The Morgan fingerprint density at radius 2 is 1.51 bits per heavy atom. The van der Waals surface area contributed by atoms with E-state index in [4.69, 9.17) is 14.2 Å². The van der Waals surface area contributed by atoms with E-state index in [0.717, 1.165) is 0 Å². The molecule has 1 heterocycles. The summed E-state index contributed by atoms with van der Waals surface area (Å²) in [4.78, 5) is 53.3. The van der Waals surface area contributed by atoms with Gasteiger partial charge in [-0.15, -0.1) is 0 Å². The van der Waals surface area contributed by atoms with Gasteiger partial charge >= 0.3 is 6.09 Å². The van der Waals surface area contributed by atoms with Gasteiger partial charge in [0.05, 0.1) is 32.1 Å². The van der Waals surface area contributed by atoms with E-state index in [9.17, 15) is 19.2 Å². The van der Waals surface area contributed by atoms with Gasteiger partial charge in [-0.25, -0.2) is 4.79 Å². The van der Waals surface area contributed by atoms with Crippen LogP contribution in [-0.2, 0) is 9.53 Å². The van der Waals surface area contributed by atoms with Crippen molar-refractivity contribution in [2.24, 2.45) is 0 Å². The van der Waals surface area contributed by atoms with Crippen molar-refractivity contribution in [2.45, 2.75) is 13.3 Å². The van der Waals surface area contributed by atoms with Crippen LogP contribution in [0.4, 0.5) is 10.5 Å². The maximum atomic E-state index is 13.1. The summed E-state index contributed by atoms with van der Waals surface area (Å²) in [5.74, 6) is -0.00484. The van der Waals surface area contributed by atoms with E-state index in [1.807, 2.05) is 0 Å². The van der Waals surface area contributed by atoms with Gasteiger partial charge in [0.1, 0.15) is 11.5 Å². The summed E-state index contributed by atoms with van der Waals surface area (Å²) in [6, 6.07) is 11.6. The molecule has 37 heavy (non-hydrogen) atoms. The number of amides is 4. The second-order valence-electron chi connectivity index (χ2n) is 8.18. The molecule has 0 spiro atoms. The number of para-hydroxylation sites is 1. The minimum absolute atomic E-state index is 0.00752. The molecule has 0 aliphatic carbocycles. The van der Waals surface area contributed by atoms with E-state index in [1.54, 1.807) is 59.2 Å². The molecule has 1 aliphatic rings. The fraction of sp³-hybridized carbons (Fsp3) is 0.385. The smallest absolute Gasteiger partial charge is 0.409 e. The van der Waals surface area contributed by atoms with Crippen LogP contribution in [0.2, 0.25) is 0 Å². The molecule has 2 N–H and O–H groups in total. The Balaban J connectivity index is 1.54. The third-order valence-electron chi connectivity index (χ3n) is 5.78. The fourth-order valence-corrected chi connectivity index (χ4v) is 3.80. The van der Waals surface area contributed by atoms with Crippen LogP contribution in [0, 0.1) is 0 Å². The quantitative estimate of drug-likeness (QED) is 0.528. The van der Waals surface area contributed by atoms with Gasteiger partial charge in [-0.05, 0) is 31.2 Å². The third-order valence-corrected chi connectivity index (χ3v) is 5.78. The van der Waals surface area contributed by atoms with Crippen LogP contribution in [0.3, 0.4) is 0 Å². The molecule has 11 heteroatoms. The second-order valence-corrected chi connectivity index (χ2v) is 8.18. The molecule has 2 aromatic rings. The molecule has 0 unspecified atom stereocenters. The predicted molar refractivity (Wildman–Crippen MR) is 136 cm³/mol. The first-order valence-electron chi connectivity index (χ1n) is 12.0. The van der Waals surface area contributed by atoms with Crippen molar-refractivity contribution in [1.82, 2.24) is 15.1 Å². The zero-order valence-corrected chi connectivity index (χ0v) is 21.2. The number of nitrogens with zero attached hydrogens (tertiary/aromatic N) is 2. The van der Waals surface area contributed by atoms with Crippen molar-refractivity contribution in [3.63, 3.8) is 0 Å². The maximum absolute atomic E-state index is 13.1. The third kappa shape index (κ3) is 7.35. The predicted octanol–water partition coefficient (Wildman–Crippen LogP) is 2.38. The molecule has 1 aliphatic heterocycles. The number of methoxy groups -OCH3 is 2. The Bertz CT molecular complexity index is 1110. The maximum Gasteiger partial charge on any atom is 0.409 e. The normalized spacial score (nSPS) is 12.9. The topological polar surface area (TPSA) is 127 Å². The Hall–Kier alpha value is -4.28. The molecule has 11 nitrogen and oxygen atoms in total. The minimum atomic E-state index is -0.389. The number of carbonyl (C=O) groups excluding carboxylic acids is 4. The van der Waals surface area contributed by atoms with E-state index in [0.29, 0.717) is 61.1 Å². The number of ether oxygens (including phenoxy) is 3. The lowest BCUT2D eigenvalue weighted by molar-refractivity contribution is -0.116. The van der Waals surface area contributed by atoms with Crippen LogP contribution in [0.25, 0.3) is 0 Å². The van der Waals surface area contributed by atoms with Crippen LogP contribution < -0.4 is 20.1 Å². The van der Waals surface area contributed by atoms with Crippen molar-refractivity contribution in [1.29, 1.82) is 0 Å². The highest BCUT2D eigenvalue weighted by atomic mass is 16.6. The zero-order valence-electron chi connectivity index (χ0n) is 21.2. The first-order valence-corrected chi connectivity index (χ1v) is 12.0. The molecule has 1 fully saturated rings. The summed E-state index contributed by atoms with van der Waals surface area (Å²) in [7, 11) is 2.99. The molecule has 0 radical (unpaired) electrons. The van der Waals surface area contributed by atoms with Gasteiger partial charge in [-0.3, -0.25) is 14.4 Å². The van der Waals surface area contributed by atoms with Crippen molar-refractivity contribution < 1.29 is 33.4 Å². The molecular weight excluding hydrogens is 480 g/mol. The van der Waals surface area contributed by atoms with Crippen LogP contribution in [0.5, 0.6) is 11.5 Å². The number of anilines is 1. The molecule has 0 aromatic heterocycles. The summed E-state index contributed by atoms with van der Waals surface area (Å²) >= 11 is 0. The van der Waals surface area contributed by atoms with E-state index in [1.165, 1.54) is 14.2 Å². The SMILES string of the molecule is CCOC(=O)N1CCN(C(=O)c2ccccc2NC(=O)CCNC(=O)c2cc(OC)cc(OC)c2)CC1. The summed E-state index contributed by atoms with van der Waals surface area (Å²) in [6.45, 7) is 3.60. The summed E-state index contributed by atoms with van der Waals surface area (Å²) in [6.07, 6.45) is -0.381. The number of benzene rings is 2. The number of rotatable bonds is 9. The standard InChI is InChI=1S/C26H32N4O7/c1-4-37-26(34)30-13-11-29(12-14-30)25(33)21-7-5-6-8-22(21)28-23(31)9-10-27-24(32)18-15-19(35-2)17-20(16-18)36-3/h5-8,15-17H,4,9-14H2,1-3H3,(H,27,32)(H,28,31). The van der Waals surface area contributed by atoms with E-state index >= 15 is 0 Å². The zero-order chi connectivity index (χ0) is 26.8. The molecule has 3 rings (SSSR count). The molecule has 0 saturated carbocycles. The molecule has 4 amide bonds. The highest BCUT2D eigenvalue weighted by Gasteiger charge is 2.27. The minimum Gasteiger partial charge on any atom is -0.497 e. The monoisotopic (exact) mass is 512 g/mol. The summed E-state index contributed by atoms with van der Waals surface area (Å²) in [5.41, 5.74) is 1.08. The second kappa shape index (κ2) is 13.1. The largest absolute Gasteiger partial charge is 0.497 e. The Labute approximate surface area is 215 Å². The van der Waals surface area contributed by atoms with E-state index < -0.39 is 0 Å². The molecular formula is C26H32N4O7. The molecule has 0 bridgehead atoms. The van der Waals surface area contributed by atoms with Gasteiger partial charge in [0, 0.05) is 50.8 Å². The van der Waals surface area contributed by atoms with Crippen LogP contribution in [0.1, 0.15) is 34.1 Å². The number of hydrogen-bond acceptors (Lipinski definition) is 7. The molecule has 198 valence electrons. The van der Waals surface area contributed by atoms with Crippen LogP contribution in [0.15, 0.2) is 42.5 Å². The average molecular weight is 513 g/mol. The summed E-state index contributed by atoms with van der Waals surface area (Å²) in [5, 5.41) is 5.46. The van der Waals surface area contributed by atoms with Gasteiger partial charge in [0.2, 0.25) is 5.91 Å². The highest BCUT2D eigenvalue weighted by molar-refractivity contribution is 6.04. The lowest BCUT2D eigenvalue weighted by Crippen LogP contribution is -2.50. The highest BCUT2D eigenvalue weighted by Crippen LogP contribution is 2.22. The molecule has 1 saturated heterocycles. The van der Waals surface area contributed by atoms with Gasteiger partial charge in [-0.1, -0.05) is 12.1 Å². The van der Waals surface area contributed by atoms with Gasteiger partial charge in [0.25, 0.3) is 11.8 Å². The first-order chi connectivity index (χ1) is 17.9. The van der Waals surface area contributed by atoms with Crippen molar-refractivity contribution in [3.8, 4) is 11.5 Å². The first kappa shape index (κ1) is 27.3. The van der Waals surface area contributed by atoms with Crippen LogP contribution in [-0.4, -0.2) is 87.2 Å². The Morgan fingerprint density at radius 1 is 0.892 bits per heavy atom. The lowest BCUT2D eigenvalue weighted by atomic mass is 10.1. The lowest BCUT2D eigenvalue weighted by Gasteiger charge is -2.34. The van der Waals surface area contributed by atoms with Crippen molar-refractivity contribution in [2.75, 3.05) is 58.9 Å². The molecule has 2 aromatic carbocycles. The van der Waals surface area contributed by atoms with Gasteiger partial charge in [0.15, 0.2) is 0 Å². The number of nitrogens with one attached hydrogen (secondary N) is 2. The van der Waals surface area contributed by atoms with Crippen molar-refractivity contribution >= 4 is 29.5 Å². The van der Waals surface area contributed by atoms with Gasteiger partial charge in [-0.2, -0.15) is 0 Å². The summed E-state index contributed by atoms with van der Waals surface area (Å²) < 4.78 is 15.4. The number of hydrogen-bond donors (Lipinski definition) is 2. The Kier molecular flexibility index (Phi) is 9.70. The number of carbonyl (C=O) groups is 4. The Morgan fingerprint density at radius 3 is 2.14 bits per heavy atom. The number of piperazine rings is 1. The van der Waals surface area contributed by atoms with Gasteiger partial charge < -0.3 is 34.6 Å². The van der Waals surface area contributed by atoms with Crippen molar-refractivity contribution in [3.05, 3.63) is 53.6 Å². The fourth-order valence-electron chi connectivity index (χ4n) is 3.80. The molecule has 0 atom stereocenters. The van der Waals surface area contributed by atoms with E-state index in [2.05, 4.69) is 10.6 Å².